The summed E-state index contributed by atoms with van der Waals surface area (Å²) in [6, 6.07) is 8.81. The van der Waals surface area contributed by atoms with Gasteiger partial charge in [0.05, 0.1) is 12.1 Å². The van der Waals surface area contributed by atoms with Gasteiger partial charge in [-0.2, -0.15) is 5.26 Å². The van der Waals surface area contributed by atoms with Gasteiger partial charge in [-0.25, -0.2) is 0 Å². The molecule has 0 fully saturated rings. The van der Waals surface area contributed by atoms with Crippen LogP contribution in [-0.2, 0) is 23.2 Å². The third-order valence-corrected chi connectivity index (χ3v) is 7.46. The van der Waals surface area contributed by atoms with Gasteiger partial charge in [0.2, 0.25) is 5.91 Å². The molecule has 158 valence electrons. The van der Waals surface area contributed by atoms with Crippen LogP contribution >= 0.6 is 11.3 Å². The van der Waals surface area contributed by atoms with Crippen molar-refractivity contribution in [3.8, 4) is 6.07 Å². The number of nitriles is 1. The van der Waals surface area contributed by atoms with E-state index in [2.05, 4.69) is 74.4 Å². The van der Waals surface area contributed by atoms with Crippen molar-refractivity contribution in [3.05, 3.63) is 45.3 Å². The van der Waals surface area contributed by atoms with Crippen LogP contribution in [-0.4, -0.2) is 24.5 Å². The van der Waals surface area contributed by atoms with Gasteiger partial charge in [-0.3, -0.25) is 4.79 Å². The minimum atomic E-state index is -0.236. The molecule has 1 aromatic heterocycles. The van der Waals surface area contributed by atoms with Crippen LogP contribution < -0.4 is 15.5 Å². The molecule has 1 aromatic carbocycles. The van der Waals surface area contributed by atoms with Crippen LogP contribution in [0.25, 0.3) is 0 Å². The molecule has 4 rings (SSSR count). The Labute approximate surface area is 183 Å². The molecule has 0 atom stereocenters. The lowest BCUT2D eigenvalue weighted by atomic mass is 9.81. The number of amides is 1. The van der Waals surface area contributed by atoms with Crippen molar-refractivity contribution in [3.63, 3.8) is 0 Å². The van der Waals surface area contributed by atoms with Crippen molar-refractivity contribution < 1.29 is 4.79 Å². The standard InChI is InChI=1S/C24H30N4OS/c1-15-8-9-19-16(11-15)7-6-10-28(19)14-20(29)26-22-18(13-25)17-12-23(2,3)27-24(4,5)21(17)30-22/h8-9,11,27H,6-7,10,12,14H2,1-5H3,(H,26,29). The maximum atomic E-state index is 13.0. The van der Waals surface area contributed by atoms with Crippen LogP contribution in [0.2, 0.25) is 0 Å². The first-order valence-corrected chi connectivity index (χ1v) is 11.4. The highest BCUT2D eigenvalue weighted by atomic mass is 32.1. The van der Waals surface area contributed by atoms with Crippen LogP contribution in [0.15, 0.2) is 18.2 Å². The minimum Gasteiger partial charge on any atom is -0.362 e. The van der Waals surface area contributed by atoms with Gasteiger partial charge in [-0.15, -0.1) is 11.3 Å². The number of fused-ring (bicyclic) bond motifs is 2. The van der Waals surface area contributed by atoms with Crippen molar-refractivity contribution in [2.24, 2.45) is 0 Å². The summed E-state index contributed by atoms with van der Waals surface area (Å²) in [5.74, 6) is -0.0662. The second-order valence-electron chi connectivity index (χ2n) is 9.74. The summed E-state index contributed by atoms with van der Waals surface area (Å²) in [4.78, 5) is 16.3. The second-order valence-corrected chi connectivity index (χ2v) is 10.8. The Balaban J connectivity index is 1.57. The molecule has 30 heavy (non-hydrogen) atoms. The Morgan fingerprint density at radius 1 is 1.33 bits per heavy atom. The smallest absolute Gasteiger partial charge is 0.244 e. The highest BCUT2D eigenvalue weighted by Gasteiger charge is 2.40. The molecule has 2 aromatic rings. The lowest BCUT2D eigenvalue weighted by molar-refractivity contribution is -0.115. The summed E-state index contributed by atoms with van der Waals surface area (Å²) in [7, 11) is 0. The van der Waals surface area contributed by atoms with Crippen molar-refractivity contribution in [2.75, 3.05) is 23.3 Å². The van der Waals surface area contributed by atoms with Gasteiger partial charge < -0.3 is 15.5 Å². The summed E-state index contributed by atoms with van der Waals surface area (Å²) in [5, 5.41) is 17.3. The van der Waals surface area contributed by atoms with Gasteiger partial charge in [0.15, 0.2) is 0 Å². The summed E-state index contributed by atoms with van der Waals surface area (Å²) < 4.78 is 0. The molecule has 2 N–H and O–H groups in total. The van der Waals surface area contributed by atoms with E-state index < -0.39 is 0 Å². The SMILES string of the molecule is Cc1ccc2c(c1)CCCN2CC(=O)Nc1sc2c(c1C#N)CC(C)(C)NC2(C)C. The monoisotopic (exact) mass is 422 g/mol. The van der Waals surface area contributed by atoms with Gasteiger partial charge in [0, 0.05) is 28.2 Å². The fraction of sp³-hybridized carbons (Fsp3) is 0.500. The summed E-state index contributed by atoms with van der Waals surface area (Å²) in [5.41, 5.74) is 5.08. The van der Waals surface area contributed by atoms with E-state index in [1.807, 2.05) is 0 Å². The van der Waals surface area contributed by atoms with Crippen molar-refractivity contribution in [1.82, 2.24) is 5.32 Å². The molecule has 0 radical (unpaired) electrons. The predicted molar refractivity (Wildman–Crippen MR) is 123 cm³/mol. The number of hydrogen-bond donors (Lipinski definition) is 2. The number of benzene rings is 1. The molecular weight excluding hydrogens is 392 g/mol. The average Bonchev–Trinajstić information content (AvgIpc) is 2.97. The summed E-state index contributed by atoms with van der Waals surface area (Å²) >= 11 is 1.54. The molecule has 5 nitrogen and oxygen atoms in total. The van der Waals surface area contributed by atoms with Gasteiger partial charge >= 0.3 is 0 Å². The maximum Gasteiger partial charge on any atom is 0.244 e. The molecule has 2 aliphatic heterocycles. The Morgan fingerprint density at radius 3 is 2.83 bits per heavy atom. The second kappa shape index (κ2) is 7.40. The maximum absolute atomic E-state index is 13.0. The quantitative estimate of drug-likeness (QED) is 0.765. The van der Waals surface area contributed by atoms with E-state index in [9.17, 15) is 10.1 Å². The van der Waals surface area contributed by atoms with E-state index in [1.165, 1.54) is 22.5 Å². The molecule has 0 saturated carbocycles. The number of carbonyl (C=O) groups is 1. The molecule has 0 spiro atoms. The van der Waals surface area contributed by atoms with E-state index in [0.717, 1.165) is 41.9 Å². The average molecular weight is 423 g/mol. The zero-order valence-corrected chi connectivity index (χ0v) is 19.3. The molecule has 1 amide bonds. The van der Waals surface area contributed by atoms with E-state index in [0.29, 0.717) is 17.1 Å². The molecule has 0 unspecified atom stereocenters. The highest BCUT2D eigenvalue weighted by molar-refractivity contribution is 7.17. The largest absolute Gasteiger partial charge is 0.362 e. The van der Waals surface area contributed by atoms with E-state index >= 15 is 0 Å². The lowest BCUT2D eigenvalue weighted by Gasteiger charge is -2.42. The first-order chi connectivity index (χ1) is 14.1. The predicted octanol–water partition coefficient (Wildman–Crippen LogP) is 4.48. The molecule has 6 heteroatoms. The molecule has 0 saturated heterocycles. The van der Waals surface area contributed by atoms with E-state index in [-0.39, 0.29) is 17.0 Å². The van der Waals surface area contributed by atoms with Crippen molar-refractivity contribution in [1.29, 1.82) is 5.26 Å². The molecular formula is C24H30N4OS. The first kappa shape index (κ1) is 20.9. The van der Waals surface area contributed by atoms with Gasteiger partial charge in [-0.1, -0.05) is 17.7 Å². The van der Waals surface area contributed by atoms with Crippen molar-refractivity contribution in [2.45, 2.75) is 65.0 Å². The van der Waals surface area contributed by atoms with Crippen LogP contribution in [0, 0.1) is 18.3 Å². The molecule has 0 aliphatic carbocycles. The molecule has 2 aliphatic rings. The normalized spacial score (nSPS) is 18.9. The Kier molecular flexibility index (Phi) is 5.16. The van der Waals surface area contributed by atoms with Gasteiger partial charge in [0.25, 0.3) is 0 Å². The third-order valence-electron chi connectivity index (χ3n) is 5.99. The molecule has 3 heterocycles. The van der Waals surface area contributed by atoms with Crippen LogP contribution in [0.4, 0.5) is 10.7 Å². The number of nitrogens with zero attached hydrogens (tertiary/aromatic N) is 2. The fourth-order valence-corrected chi connectivity index (χ4v) is 6.28. The number of hydrogen-bond acceptors (Lipinski definition) is 5. The van der Waals surface area contributed by atoms with Gasteiger partial charge in [0.1, 0.15) is 11.1 Å². The topological polar surface area (TPSA) is 68.2 Å². The summed E-state index contributed by atoms with van der Waals surface area (Å²) in [6.45, 7) is 11.9. The third kappa shape index (κ3) is 3.84. The number of aryl methyl sites for hydroxylation is 2. The number of anilines is 2. The van der Waals surface area contributed by atoms with Crippen molar-refractivity contribution >= 4 is 27.9 Å². The van der Waals surface area contributed by atoms with Crippen LogP contribution in [0.5, 0.6) is 0 Å². The Hall–Kier alpha value is -2.36. The van der Waals surface area contributed by atoms with E-state index in [1.54, 1.807) is 0 Å². The molecule has 0 bridgehead atoms. The van der Waals surface area contributed by atoms with Gasteiger partial charge in [-0.05, 0) is 71.1 Å². The number of nitrogens with one attached hydrogen (secondary N) is 2. The Morgan fingerprint density at radius 2 is 2.10 bits per heavy atom. The number of rotatable bonds is 3. The number of thiophene rings is 1. The Bertz CT molecular complexity index is 1040. The first-order valence-electron chi connectivity index (χ1n) is 10.6. The number of carbonyl (C=O) groups excluding carboxylic acids is 1. The fourth-order valence-electron chi connectivity index (χ4n) is 5.04. The lowest BCUT2D eigenvalue weighted by Crippen LogP contribution is -2.54. The van der Waals surface area contributed by atoms with E-state index in [4.69, 9.17) is 0 Å². The zero-order valence-electron chi connectivity index (χ0n) is 18.5. The van der Waals surface area contributed by atoms with Crippen LogP contribution in [0.3, 0.4) is 0 Å². The summed E-state index contributed by atoms with van der Waals surface area (Å²) in [6.07, 6.45) is 2.89. The highest BCUT2D eigenvalue weighted by Crippen LogP contribution is 2.44. The van der Waals surface area contributed by atoms with Crippen LogP contribution in [0.1, 0.15) is 61.2 Å². The minimum absolute atomic E-state index is 0.0662. The zero-order chi connectivity index (χ0) is 21.7.